The van der Waals surface area contributed by atoms with Gasteiger partial charge >= 0.3 is 0 Å². The van der Waals surface area contributed by atoms with E-state index in [9.17, 15) is 0 Å². The van der Waals surface area contributed by atoms with Crippen LogP contribution in [-0.2, 0) is 0 Å². The van der Waals surface area contributed by atoms with Crippen molar-refractivity contribution in [1.29, 1.82) is 0 Å². The molecule has 2 fully saturated rings. The topological polar surface area (TPSA) is 6.48 Å². The molecule has 0 saturated carbocycles. The first-order valence-corrected chi connectivity index (χ1v) is 6.25. The van der Waals surface area contributed by atoms with Gasteiger partial charge in [0.2, 0.25) is 0 Å². The summed E-state index contributed by atoms with van der Waals surface area (Å²) in [6, 6.07) is 0. The second-order valence-corrected chi connectivity index (χ2v) is 5.13. The lowest BCUT2D eigenvalue weighted by atomic mass is 9.97. The molecule has 0 bridgehead atoms. The maximum atomic E-state index is 2.69. The fourth-order valence-corrected chi connectivity index (χ4v) is 2.93. The Morgan fingerprint density at radius 1 is 1.00 bits per heavy atom. The Kier molecular flexibility index (Phi) is 3.82. The first-order valence-electron chi connectivity index (χ1n) is 6.25. The predicted molar refractivity (Wildman–Crippen MR) is 60.5 cm³/mol. The van der Waals surface area contributed by atoms with Crippen LogP contribution in [0.3, 0.4) is 0 Å². The van der Waals surface area contributed by atoms with E-state index in [1.807, 2.05) is 0 Å². The van der Waals surface area contributed by atoms with E-state index >= 15 is 0 Å². The largest absolute Gasteiger partial charge is 0.306 e. The van der Waals surface area contributed by atoms with E-state index in [0.29, 0.717) is 0 Å². The molecule has 1 atom stereocenters. The van der Waals surface area contributed by atoms with Crippen molar-refractivity contribution in [2.24, 2.45) is 5.92 Å². The van der Waals surface area contributed by atoms with Gasteiger partial charge in [-0.15, -0.1) is 0 Å². The van der Waals surface area contributed by atoms with Gasteiger partial charge in [-0.1, -0.05) is 6.42 Å². The third-order valence-corrected chi connectivity index (χ3v) is 3.69. The van der Waals surface area contributed by atoms with Gasteiger partial charge in [-0.3, -0.25) is 0 Å². The van der Waals surface area contributed by atoms with Gasteiger partial charge in [0.15, 0.2) is 0 Å². The molecule has 0 aromatic heterocycles. The van der Waals surface area contributed by atoms with E-state index in [2.05, 4.69) is 16.8 Å². The number of rotatable bonds is 2. The molecule has 2 heteroatoms. The van der Waals surface area contributed by atoms with Crippen molar-refractivity contribution in [3.63, 3.8) is 0 Å². The van der Waals surface area contributed by atoms with Gasteiger partial charge in [0.05, 0.1) is 0 Å². The molecule has 0 aromatic carbocycles. The molecule has 2 rings (SSSR count). The SMILES string of the molecule is CN1CCC[C@H](CN2CCCCC2)C1. The predicted octanol–water partition coefficient (Wildman–Crippen LogP) is 1.81. The summed E-state index contributed by atoms with van der Waals surface area (Å²) in [5, 5.41) is 0. The number of piperidine rings is 2. The first-order chi connectivity index (χ1) is 6.84. The monoisotopic (exact) mass is 196 g/mol. The minimum absolute atomic E-state index is 0.951. The summed E-state index contributed by atoms with van der Waals surface area (Å²) < 4.78 is 0. The first kappa shape index (κ1) is 10.4. The van der Waals surface area contributed by atoms with E-state index in [4.69, 9.17) is 0 Å². The standard InChI is InChI=1S/C12H24N2/c1-13-7-5-6-12(10-13)11-14-8-3-2-4-9-14/h12H,2-11H2,1H3/t12-/m0/s1. The molecule has 0 amide bonds. The van der Waals surface area contributed by atoms with Crippen molar-refractivity contribution in [2.45, 2.75) is 32.1 Å². The minimum atomic E-state index is 0.951. The number of likely N-dealkylation sites (tertiary alicyclic amines) is 2. The van der Waals surface area contributed by atoms with Gasteiger partial charge in [0.25, 0.3) is 0 Å². The van der Waals surface area contributed by atoms with Crippen LogP contribution in [0.2, 0.25) is 0 Å². The Balaban J connectivity index is 1.72. The summed E-state index contributed by atoms with van der Waals surface area (Å²) in [6.07, 6.45) is 7.20. The van der Waals surface area contributed by atoms with Crippen LogP contribution in [0.15, 0.2) is 0 Å². The van der Waals surface area contributed by atoms with Crippen LogP contribution in [0.5, 0.6) is 0 Å². The summed E-state index contributed by atoms with van der Waals surface area (Å²) >= 11 is 0. The highest BCUT2D eigenvalue weighted by molar-refractivity contribution is 4.75. The van der Waals surface area contributed by atoms with Gasteiger partial charge in [-0.05, 0) is 58.3 Å². The average molecular weight is 196 g/mol. The second-order valence-electron chi connectivity index (χ2n) is 5.13. The molecule has 2 aliphatic heterocycles. The Labute approximate surface area is 88.3 Å². The smallest absolute Gasteiger partial charge is 0.00219 e. The molecule has 82 valence electrons. The summed E-state index contributed by atoms with van der Waals surface area (Å²) in [5.74, 6) is 0.951. The number of nitrogens with zero attached hydrogens (tertiary/aromatic N) is 2. The molecule has 2 saturated heterocycles. The van der Waals surface area contributed by atoms with Crippen molar-refractivity contribution in [1.82, 2.24) is 9.80 Å². The zero-order valence-corrected chi connectivity index (χ0v) is 9.54. The lowest BCUT2D eigenvalue weighted by Crippen LogP contribution is -2.40. The molecule has 0 spiro atoms. The van der Waals surface area contributed by atoms with Gasteiger partial charge in [-0.25, -0.2) is 0 Å². The number of hydrogen-bond donors (Lipinski definition) is 0. The third-order valence-electron chi connectivity index (χ3n) is 3.69. The van der Waals surface area contributed by atoms with E-state index < -0.39 is 0 Å². The van der Waals surface area contributed by atoms with E-state index in [1.165, 1.54) is 64.8 Å². The Morgan fingerprint density at radius 3 is 2.50 bits per heavy atom. The Bertz CT molecular complexity index is 164. The molecule has 0 N–H and O–H groups in total. The van der Waals surface area contributed by atoms with Crippen LogP contribution in [0.4, 0.5) is 0 Å². The quantitative estimate of drug-likeness (QED) is 0.664. The molecule has 2 aliphatic rings. The highest BCUT2D eigenvalue weighted by Gasteiger charge is 2.20. The van der Waals surface area contributed by atoms with Crippen molar-refractivity contribution in [3.8, 4) is 0 Å². The number of hydrogen-bond acceptors (Lipinski definition) is 2. The van der Waals surface area contributed by atoms with Crippen LogP contribution in [0.25, 0.3) is 0 Å². The highest BCUT2D eigenvalue weighted by atomic mass is 15.1. The van der Waals surface area contributed by atoms with Crippen LogP contribution in [0.1, 0.15) is 32.1 Å². The lowest BCUT2D eigenvalue weighted by molar-refractivity contribution is 0.137. The van der Waals surface area contributed by atoms with E-state index in [-0.39, 0.29) is 0 Å². The van der Waals surface area contributed by atoms with Crippen LogP contribution < -0.4 is 0 Å². The lowest BCUT2D eigenvalue weighted by Gasteiger charge is -2.35. The maximum absolute atomic E-state index is 2.69. The molecule has 0 unspecified atom stereocenters. The molecule has 0 aromatic rings. The van der Waals surface area contributed by atoms with E-state index in [1.54, 1.807) is 0 Å². The molecule has 0 aliphatic carbocycles. The van der Waals surface area contributed by atoms with Crippen molar-refractivity contribution < 1.29 is 0 Å². The zero-order chi connectivity index (χ0) is 9.80. The van der Waals surface area contributed by atoms with Crippen LogP contribution >= 0.6 is 0 Å². The Hall–Kier alpha value is -0.0800. The molecular weight excluding hydrogens is 172 g/mol. The fourth-order valence-electron chi connectivity index (χ4n) is 2.93. The third kappa shape index (κ3) is 2.96. The minimum Gasteiger partial charge on any atom is -0.306 e. The fraction of sp³-hybridized carbons (Fsp3) is 1.00. The van der Waals surface area contributed by atoms with Gasteiger partial charge in [0.1, 0.15) is 0 Å². The van der Waals surface area contributed by atoms with Gasteiger partial charge in [0, 0.05) is 13.1 Å². The van der Waals surface area contributed by atoms with Crippen molar-refractivity contribution in [2.75, 3.05) is 39.8 Å². The molecule has 2 nitrogen and oxygen atoms in total. The van der Waals surface area contributed by atoms with Gasteiger partial charge in [-0.2, -0.15) is 0 Å². The van der Waals surface area contributed by atoms with Gasteiger partial charge < -0.3 is 9.80 Å². The normalized spacial score (nSPS) is 31.9. The Morgan fingerprint density at radius 2 is 1.79 bits per heavy atom. The zero-order valence-electron chi connectivity index (χ0n) is 9.54. The molecule has 2 heterocycles. The average Bonchev–Trinajstić information content (AvgIpc) is 2.19. The van der Waals surface area contributed by atoms with Crippen molar-refractivity contribution in [3.05, 3.63) is 0 Å². The maximum Gasteiger partial charge on any atom is 0.00219 e. The van der Waals surface area contributed by atoms with Crippen LogP contribution in [0, 0.1) is 5.92 Å². The van der Waals surface area contributed by atoms with E-state index in [0.717, 1.165) is 5.92 Å². The van der Waals surface area contributed by atoms with Crippen molar-refractivity contribution >= 4 is 0 Å². The summed E-state index contributed by atoms with van der Waals surface area (Å²) in [6.45, 7) is 6.73. The van der Waals surface area contributed by atoms with Crippen LogP contribution in [-0.4, -0.2) is 49.6 Å². The summed E-state index contributed by atoms with van der Waals surface area (Å²) in [7, 11) is 2.27. The second kappa shape index (κ2) is 5.13. The molecule has 0 radical (unpaired) electrons. The summed E-state index contributed by atoms with van der Waals surface area (Å²) in [5.41, 5.74) is 0. The highest BCUT2D eigenvalue weighted by Crippen LogP contribution is 2.18. The molecule has 14 heavy (non-hydrogen) atoms. The molecular formula is C12H24N2. The summed E-state index contributed by atoms with van der Waals surface area (Å²) in [4.78, 5) is 5.19.